The highest BCUT2D eigenvalue weighted by Crippen LogP contribution is 2.43. The Balaban J connectivity index is 2.00. The number of hydrogen-bond acceptors (Lipinski definition) is 4. The first-order chi connectivity index (χ1) is 6.80. The first-order valence-corrected chi connectivity index (χ1v) is 6.12. The molecule has 1 aromatic rings. The SMILES string of the molecule is Clc1nsnc1C12CCCN(CC1)C2. The summed E-state index contributed by atoms with van der Waals surface area (Å²) in [5, 5.41) is 0.638. The van der Waals surface area contributed by atoms with Gasteiger partial charge in [-0.2, -0.15) is 8.75 Å². The molecule has 0 aromatic carbocycles. The van der Waals surface area contributed by atoms with Crippen molar-refractivity contribution in [2.75, 3.05) is 19.6 Å². The number of nitrogens with zero attached hydrogens (tertiary/aromatic N) is 3. The topological polar surface area (TPSA) is 29.0 Å². The van der Waals surface area contributed by atoms with Gasteiger partial charge in [-0.3, -0.25) is 0 Å². The minimum Gasteiger partial charge on any atom is -0.302 e. The molecule has 3 rings (SSSR count). The van der Waals surface area contributed by atoms with Crippen LogP contribution in [0.1, 0.15) is 25.0 Å². The maximum Gasteiger partial charge on any atom is 0.166 e. The van der Waals surface area contributed by atoms with Gasteiger partial charge in [-0.05, 0) is 32.4 Å². The second kappa shape index (κ2) is 3.15. The van der Waals surface area contributed by atoms with Crippen LogP contribution in [0.2, 0.25) is 5.15 Å². The molecule has 1 aromatic heterocycles. The zero-order chi connectivity index (χ0) is 9.60. The summed E-state index contributed by atoms with van der Waals surface area (Å²) in [6.45, 7) is 3.59. The fourth-order valence-corrected chi connectivity index (χ4v) is 3.75. The van der Waals surface area contributed by atoms with Crippen molar-refractivity contribution in [2.24, 2.45) is 0 Å². The number of piperidine rings is 1. The molecule has 2 bridgehead atoms. The molecule has 2 aliphatic rings. The van der Waals surface area contributed by atoms with Crippen LogP contribution >= 0.6 is 23.3 Å². The zero-order valence-corrected chi connectivity index (χ0v) is 9.44. The van der Waals surface area contributed by atoms with Crippen LogP contribution in [0.4, 0.5) is 0 Å². The predicted molar refractivity (Wildman–Crippen MR) is 56.9 cm³/mol. The third-order valence-electron chi connectivity index (χ3n) is 3.51. The standard InChI is InChI=1S/C9H12ClN3S/c10-8-7(11-14-12-8)9-2-1-4-13(6-9)5-3-9/h1-6H2. The lowest BCUT2D eigenvalue weighted by atomic mass is 9.78. The highest BCUT2D eigenvalue weighted by atomic mass is 35.5. The third-order valence-corrected chi connectivity index (χ3v) is 4.41. The smallest absolute Gasteiger partial charge is 0.166 e. The summed E-state index contributed by atoms with van der Waals surface area (Å²) in [5.41, 5.74) is 1.30. The Morgan fingerprint density at radius 1 is 1.29 bits per heavy atom. The number of halogens is 1. The summed E-state index contributed by atoms with van der Waals surface area (Å²) in [6, 6.07) is 0. The lowest BCUT2D eigenvalue weighted by Gasteiger charge is -2.32. The van der Waals surface area contributed by atoms with Crippen LogP contribution in [0.25, 0.3) is 0 Å². The molecule has 0 spiro atoms. The minimum absolute atomic E-state index is 0.238. The van der Waals surface area contributed by atoms with Gasteiger partial charge in [0.2, 0.25) is 0 Å². The van der Waals surface area contributed by atoms with Crippen LogP contribution in [0.5, 0.6) is 0 Å². The van der Waals surface area contributed by atoms with Gasteiger partial charge in [0.05, 0.1) is 11.7 Å². The van der Waals surface area contributed by atoms with E-state index in [1.54, 1.807) is 0 Å². The van der Waals surface area contributed by atoms with Gasteiger partial charge in [0.1, 0.15) is 5.69 Å². The average molecular weight is 230 g/mol. The van der Waals surface area contributed by atoms with Crippen molar-refractivity contribution in [1.29, 1.82) is 0 Å². The Labute approximate surface area is 92.4 Å². The number of fused-ring (bicyclic) bond motifs is 2. The predicted octanol–water partition coefficient (Wildman–Crippen LogP) is 1.93. The zero-order valence-electron chi connectivity index (χ0n) is 7.87. The van der Waals surface area contributed by atoms with Crippen molar-refractivity contribution in [1.82, 2.24) is 13.6 Å². The van der Waals surface area contributed by atoms with Gasteiger partial charge in [0.15, 0.2) is 5.15 Å². The van der Waals surface area contributed by atoms with Crippen molar-refractivity contribution >= 4 is 23.3 Å². The Bertz CT molecular complexity index is 350. The quantitative estimate of drug-likeness (QED) is 0.737. The fraction of sp³-hybridized carbons (Fsp3) is 0.778. The van der Waals surface area contributed by atoms with E-state index in [1.165, 1.54) is 44.1 Å². The van der Waals surface area contributed by atoms with Crippen molar-refractivity contribution in [2.45, 2.75) is 24.7 Å². The molecule has 0 aliphatic carbocycles. The molecule has 2 aliphatic heterocycles. The Hall–Kier alpha value is -0.190. The van der Waals surface area contributed by atoms with E-state index in [0.717, 1.165) is 12.2 Å². The largest absolute Gasteiger partial charge is 0.302 e. The molecule has 5 heteroatoms. The summed E-state index contributed by atoms with van der Waals surface area (Å²) in [5.74, 6) is 0. The fourth-order valence-electron chi connectivity index (χ4n) is 2.80. The first kappa shape index (κ1) is 9.07. The normalized spacial score (nSPS) is 36.2. The second-order valence-electron chi connectivity index (χ2n) is 4.31. The van der Waals surface area contributed by atoms with Crippen LogP contribution in [-0.2, 0) is 5.41 Å². The molecule has 2 unspecified atom stereocenters. The van der Waals surface area contributed by atoms with E-state index in [4.69, 9.17) is 11.6 Å². The van der Waals surface area contributed by atoms with Gasteiger partial charge < -0.3 is 4.90 Å². The molecule has 14 heavy (non-hydrogen) atoms. The summed E-state index contributed by atoms with van der Waals surface area (Å²) in [4.78, 5) is 2.51. The van der Waals surface area contributed by atoms with Crippen molar-refractivity contribution in [3.63, 3.8) is 0 Å². The lowest BCUT2D eigenvalue weighted by molar-refractivity contribution is 0.241. The molecule has 0 N–H and O–H groups in total. The molecule has 2 saturated heterocycles. The molecule has 2 fully saturated rings. The van der Waals surface area contributed by atoms with Crippen LogP contribution < -0.4 is 0 Å². The molecule has 0 amide bonds. The summed E-state index contributed by atoms with van der Waals surface area (Å²) < 4.78 is 8.46. The highest BCUT2D eigenvalue weighted by molar-refractivity contribution is 6.99. The van der Waals surface area contributed by atoms with Gasteiger partial charge in [0.25, 0.3) is 0 Å². The monoisotopic (exact) mass is 229 g/mol. The van der Waals surface area contributed by atoms with E-state index in [0.29, 0.717) is 5.15 Å². The average Bonchev–Trinajstić information content (AvgIpc) is 2.73. The van der Waals surface area contributed by atoms with E-state index < -0.39 is 0 Å². The van der Waals surface area contributed by atoms with Crippen molar-refractivity contribution < 1.29 is 0 Å². The molecule has 3 nitrogen and oxygen atoms in total. The maximum atomic E-state index is 6.08. The Kier molecular flexibility index (Phi) is 2.04. The minimum atomic E-state index is 0.238. The molecule has 76 valence electrons. The van der Waals surface area contributed by atoms with Crippen molar-refractivity contribution in [3.05, 3.63) is 10.8 Å². The lowest BCUT2D eigenvalue weighted by Crippen LogP contribution is -2.37. The van der Waals surface area contributed by atoms with E-state index in [2.05, 4.69) is 13.6 Å². The molecule has 3 heterocycles. The summed E-state index contributed by atoms with van der Waals surface area (Å²) in [7, 11) is 0. The highest BCUT2D eigenvalue weighted by Gasteiger charge is 2.45. The molecule has 0 saturated carbocycles. The van der Waals surface area contributed by atoms with Gasteiger partial charge in [-0.15, -0.1) is 0 Å². The number of hydrogen-bond donors (Lipinski definition) is 0. The third kappa shape index (κ3) is 1.21. The maximum absolute atomic E-state index is 6.08. The Morgan fingerprint density at radius 3 is 3.00 bits per heavy atom. The second-order valence-corrected chi connectivity index (χ2v) is 5.20. The summed E-state index contributed by atoms with van der Waals surface area (Å²) >= 11 is 7.32. The number of aromatic nitrogens is 2. The van der Waals surface area contributed by atoms with E-state index in [1.807, 2.05) is 0 Å². The van der Waals surface area contributed by atoms with Gasteiger partial charge in [-0.1, -0.05) is 11.6 Å². The van der Waals surface area contributed by atoms with Crippen LogP contribution in [0.15, 0.2) is 0 Å². The van der Waals surface area contributed by atoms with Gasteiger partial charge in [0, 0.05) is 12.0 Å². The molecular formula is C9H12ClN3S. The van der Waals surface area contributed by atoms with Crippen LogP contribution in [0, 0.1) is 0 Å². The van der Waals surface area contributed by atoms with Gasteiger partial charge in [-0.25, -0.2) is 0 Å². The summed E-state index contributed by atoms with van der Waals surface area (Å²) in [6.07, 6.45) is 3.71. The van der Waals surface area contributed by atoms with Crippen LogP contribution in [0.3, 0.4) is 0 Å². The molecule has 2 atom stereocenters. The van der Waals surface area contributed by atoms with Crippen molar-refractivity contribution in [3.8, 4) is 0 Å². The van der Waals surface area contributed by atoms with E-state index in [-0.39, 0.29) is 5.41 Å². The van der Waals surface area contributed by atoms with Gasteiger partial charge >= 0.3 is 0 Å². The molecule has 0 radical (unpaired) electrons. The van der Waals surface area contributed by atoms with Crippen LogP contribution in [-0.4, -0.2) is 33.3 Å². The number of rotatable bonds is 1. The first-order valence-electron chi connectivity index (χ1n) is 5.01. The van der Waals surface area contributed by atoms with E-state index >= 15 is 0 Å². The molecular weight excluding hydrogens is 218 g/mol. The van der Waals surface area contributed by atoms with E-state index in [9.17, 15) is 0 Å². The Morgan fingerprint density at radius 2 is 2.21 bits per heavy atom.